The van der Waals surface area contributed by atoms with Crippen molar-refractivity contribution in [2.75, 3.05) is 6.54 Å². The van der Waals surface area contributed by atoms with Crippen molar-refractivity contribution in [1.82, 2.24) is 14.9 Å². The van der Waals surface area contributed by atoms with E-state index in [4.69, 9.17) is 11.6 Å². The summed E-state index contributed by atoms with van der Waals surface area (Å²) in [5.41, 5.74) is 1.14. The first kappa shape index (κ1) is 9.87. The quantitative estimate of drug-likeness (QED) is 0.715. The minimum atomic E-state index is 0.322. The van der Waals surface area contributed by atoms with Gasteiger partial charge < -0.3 is 0 Å². The molecule has 0 atom stereocenters. The molecule has 0 aliphatic heterocycles. The summed E-state index contributed by atoms with van der Waals surface area (Å²) in [5, 5.41) is 0.322. The summed E-state index contributed by atoms with van der Waals surface area (Å²) < 4.78 is 0. The molecule has 4 heteroatoms. The average Bonchev–Trinajstić information content (AvgIpc) is 3.01. The van der Waals surface area contributed by atoms with Crippen LogP contribution in [0.25, 0.3) is 0 Å². The van der Waals surface area contributed by atoms with E-state index in [1.807, 2.05) is 0 Å². The Kier molecular flexibility index (Phi) is 2.99. The molecule has 0 radical (unpaired) electrons. The van der Waals surface area contributed by atoms with Crippen LogP contribution in [0, 0.1) is 0 Å². The Morgan fingerprint density at radius 2 is 2.07 bits per heavy atom. The van der Waals surface area contributed by atoms with Crippen molar-refractivity contribution < 1.29 is 0 Å². The maximum Gasteiger partial charge on any atom is 0.222 e. The van der Waals surface area contributed by atoms with Crippen molar-refractivity contribution in [3.63, 3.8) is 0 Å². The number of nitrogens with zero attached hydrogens (tertiary/aromatic N) is 3. The highest BCUT2D eigenvalue weighted by molar-refractivity contribution is 6.28. The van der Waals surface area contributed by atoms with Crippen molar-refractivity contribution in [2.24, 2.45) is 0 Å². The maximum atomic E-state index is 5.62. The third kappa shape index (κ3) is 2.42. The summed E-state index contributed by atoms with van der Waals surface area (Å²) in [7, 11) is 0. The molecule has 0 N–H and O–H groups in total. The fraction of sp³-hybridized carbons (Fsp3) is 0.600. The summed E-state index contributed by atoms with van der Waals surface area (Å²) in [6.45, 7) is 4.22. The molecule has 0 unspecified atom stereocenters. The van der Waals surface area contributed by atoms with E-state index >= 15 is 0 Å². The molecule has 0 aromatic carbocycles. The minimum absolute atomic E-state index is 0.322. The molecule has 0 bridgehead atoms. The molecule has 2 rings (SSSR count). The van der Waals surface area contributed by atoms with E-state index in [2.05, 4.69) is 21.8 Å². The Balaban J connectivity index is 1.98. The zero-order valence-electron chi connectivity index (χ0n) is 8.28. The van der Waals surface area contributed by atoms with Gasteiger partial charge in [-0.05, 0) is 31.0 Å². The van der Waals surface area contributed by atoms with E-state index in [0.717, 1.165) is 24.7 Å². The topological polar surface area (TPSA) is 29.0 Å². The van der Waals surface area contributed by atoms with E-state index < -0.39 is 0 Å². The Hall–Kier alpha value is -0.670. The highest BCUT2D eigenvalue weighted by Gasteiger charge is 2.27. The molecule has 0 spiro atoms. The molecule has 0 saturated heterocycles. The third-order valence-corrected chi connectivity index (χ3v) is 2.72. The van der Waals surface area contributed by atoms with Gasteiger partial charge >= 0.3 is 0 Å². The van der Waals surface area contributed by atoms with Crippen LogP contribution in [-0.4, -0.2) is 27.5 Å². The number of hydrogen-bond acceptors (Lipinski definition) is 3. The number of hydrogen-bond donors (Lipinski definition) is 0. The van der Waals surface area contributed by atoms with Crippen molar-refractivity contribution in [3.05, 3.63) is 23.2 Å². The van der Waals surface area contributed by atoms with Crippen LogP contribution in [0.3, 0.4) is 0 Å². The van der Waals surface area contributed by atoms with Crippen LogP contribution in [0.5, 0.6) is 0 Å². The highest BCUT2D eigenvalue weighted by atomic mass is 35.5. The number of halogens is 1. The van der Waals surface area contributed by atoms with Crippen LogP contribution in [0.2, 0.25) is 5.28 Å². The molecule has 1 saturated carbocycles. The van der Waals surface area contributed by atoms with E-state index in [-0.39, 0.29) is 0 Å². The van der Waals surface area contributed by atoms with Gasteiger partial charge in [0.15, 0.2) is 0 Å². The van der Waals surface area contributed by atoms with Gasteiger partial charge in [0.25, 0.3) is 0 Å². The fourth-order valence-corrected chi connectivity index (χ4v) is 1.69. The van der Waals surface area contributed by atoms with Crippen LogP contribution < -0.4 is 0 Å². The van der Waals surface area contributed by atoms with Gasteiger partial charge in [0.2, 0.25) is 5.28 Å². The third-order valence-electron chi connectivity index (χ3n) is 2.53. The summed E-state index contributed by atoms with van der Waals surface area (Å²) in [6.07, 6.45) is 6.28. The molecular weight excluding hydrogens is 198 g/mol. The zero-order valence-corrected chi connectivity index (χ0v) is 9.04. The van der Waals surface area contributed by atoms with Crippen LogP contribution in [0.1, 0.15) is 25.3 Å². The summed E-state index contributed by atoms with van der Waals surface area (Å²) in [5.74, 6) is 0. The van der Waals surface area contributed by atoms with Crippen molar-refractivity contribution in [3.8, 4) is 0 Å². The lowest BCUT2D eigenvalue weighted by Gasteiger charge is -2.19. The monoisotopic (exact) mass is 211 g/mol. The molecule has 1 aromatic rings. The largest absolute Gasteiger partial charge is 0.296 e. The summed E-state index contributed by atoms with van der Waals surface area (Å²) in [4.78, 5) is 10.4. The van der Waals surface area contributed by atoms with Gasteiger partial charge in [-0.15, -0.1) is 0 Å². The summed E-state index contributed by atoms with van der Waals surface area (Å²) in [6, 6.07) is 0.788. The maximum absolute atomic E-state index is 5.62. The normalized spacial score (nSPS) is 16.2. The smallest absolute Gasteiger partial charge is 0.222 e. The Morgan fingerprint density at radius 3 is 2.57 bits per heavy atom. The Bertz CT molecular complexity index is 295. The average molecular weight is 212 g/mol. The summed E-state index contributed by atoms with van der Waals surface area (Å²) >= 11 is 5.62. The second-order valence-corrected chi connectivity index (χ2v) is 3.99. The Morgan fingerprint density at radius 1 is 1.43 bits per heavy atom. The van der Waals surface area contributed by atoms with Gasteiger partial charge in [-0.1, -0.05) is 6.92 Å². The highest BCUT2D eigenvalue weighted by Crippen LogP contribution is 2.27. The lowest BCUT2D eigenvalue weighted by Crippen LogP contribution is -2.25. The number of rotatable bonds is 4. The first-order valence-electron chi connectivity index (χ1n) is 5.00. The molecule has 1 fully saturated rings. The minimum Gasteiger partial charge on any atom is -0.296 e. The van der Waals surface area contributed by atoms with Crippen LogP contribution in [0.15, 0.2) is 12.4 Å². The Labute approximate surface area is 89.1 Å². The standard InChI is InChI=1S/C10H14ClN3/c1-2-14(9-3-4-9)7-8-5-12-10(11)13-6-8/h5-6,9H,2-4,7H2,1H3. The second-order valence-electron chi connectivity index (χ2n) is 3.65. The molecule has 76 valence electrons. The molecular formula is C10H14ClN3. The lowest BCUT2D eigenvalue weighted by molar-refractivity contribution is 0.268. The predicted octanol–water partition coefficient (Wildman–Crippen LogP) is 2.11. The predicted molar refractivity (Wildman–Crippen MR) is 56.1 cm³/mol. The molecule has 3 nitrogen and oxygen atoms in total. The first-order valence-corrected chi connectivity index (χ1v) is 5.38. The van der Waals surface area contributed by atoms with Crippen LogP contribution >= 0.6 is 11.6 Å². The van der Waals surface area contributed by atoms with E-state index in [0.29, 0.717) is 5.28 Å². The number of aromatic nitrogens is 2. The van der Waals surface area contributed by atoms with Crippen LogP contribution in [-0.2, 0) is 6.54 Å². The van der Waals surface area contributed by atoms with Crippen molar-refractivity contribution >= 4 is 11.6 Å². The molecule has 1 aromatic heterocycles. The van der Waals surface area contributed by atoms with Gasteiger partial charge in [-0.2, -0.15) is 0 Å². The van der Waals surface area contributed by atoms with Gasteiger partial charge in [-0.3, -0.25) is 4.90 Å². The molecule has 1 aliphatic rings. The van der Waals surface area contributed by atoms with Gasteiger partial charge in [0.05, 0.1) is 0 Å². The van der Waals surface area contributed by atoms with Gasteiger partial charge in [-0.25, -0.2) is 9.97 Å². The van der Waals surface area contributed by atoms with Gasteiger partial charge in [0.1, 0.15) is 0 Å². The van der Waals surface area contributed by atoms with Crippen LogP contribution in [0.4, 0.5) is 0 Å². The first-order chi connectivity index (χ1) is 6.79. The van der Waals surface area contributed by atoms with Crippen molar-refractivity contribution in [1.29, 1.82) is 0 Å². The lowest BCUT2D eigenvalue weighted by atomic mass is 10.3. The second kappa shape index (κ2) is 4.24. The van der Waals surface area contributed by atoms with Gasteiger partial charge in [0, 0.05) is 30.5 Å². The molecule has 14 heavy (non-hydrogen) atoms. The molecule has 1 aliphatic carbocycles. The fourth-order valence-electron chi connectivity index (χ4n) is 1.59. The SMILES string of the molecule is CCN(Cc1cnc(Cl)nc1)C1CC1. The molecule has 1 heterocycles. The van der Waals surface area contributed by atoms with E-state index in [9.17, 15) is 0 Å². The molecule has 0 amide bonds. The van der Waals surface area contributed by atoms with E-state index in [1.165, 1.54) is 12.8 Å². The van der Waals surface area contributed by atoms with E-state index in [1.54, 1.807) is 12.4 Å². The van der Waals surface area contributed by atoms with Crippen molar-refractivity contribution in [2.45, 2.75) is 32.4 Å². The zero-order chi connectivity index (χ0) is 9.97.